The molecule has 0 bridgehead atoms. The predicted molar refractivity (Wildman–Crippen MR) is 112 cm³/mol. The second-order valence-corrected chi connectivity index (χ2v) is 11.0. The van der Waals surface area contributed by atoms with E-state index in [-0.39, 0.29) is 34.3 Å². The van der Waals surface area contributed by atoms with Crippen molar-refractivity contribution in [3.05, 3.63) is 29.8 Å². The fourth-order valence-electron chi connectivity index (χ4n) is 5.35. The van der Waals surface area contributed by atoms with E-state index in [0.717, 1.165) is 44.8 Å². The smallest absolute Gasteiger partial charge is 0.253 e. The Morgan fingerprint density at radius 2 is 1.90 bits per heavy atom. The van der Waals surface area contributed by atoms with Crippen molar-refractivity contribution in [3.8, 4) is 0 Å². The molecule has 1 spiro atoms. The van der Waals surface area contributed by atoms with E-state index in [1.165, 1.54) is 12.1 Å². The number of sulfone groups is 1. The minimum atomic E-state index is -3.37. The quantitative estimate of drug-likeness (QED) is 0.740. The predicted octanol–water partition coefficient (Wildman–Crippen LogP) is 3.21. The van der Waals surface area contributed by atoms with E-state index >= 15 is 0 Å². The third-order valence-corrected chi connectivity index (χ3v) is 8.11. The Bertz CT molecular complexity index is 886. The summed E-state index contributed by atoms with van der Waals surface area (Å²) in [5, 5.41) is 3.94. The Kier molecular flexibility index (Phi) is 6.15. The number of benzene rings is 1. The Balaban J connectivity index is 1.90. The minimum absolute atomic E-state index is 0.00206. The summed E-state index contributed by atoms with van der Waals surface area (Å²) < 4.78 is 23.8. The largest absolute Gasteiger partial charge is 0.337 e. The third kappa shape index (κ3) is 4.23. The molecule has 2 aliphatic rings. The Morgan fingerprint density at radius 3 is 2.52 bits per heavy atom. The molecule has 2 aliphatic carbocycles. The zero-order valence-corrected chi connectivity index (χ0v) is 18.6. The van der Waals surface area contributed by atoms with Gasteiger partial charge in [0, 0.05) is 31.0 Å². The molecule has 0 aromatic heterocycles. The summed E-state index contributed by atoms with van der Waals surface area (Å²) in [7, 11) is 2.52. The van der Waals surface area contributed by atoms with E-state index in [0.29, 0.717) is 5.56 Å². The average Bonchev–Trinajstić information content (AvgIpc) is 3.07. The maximum atomic E-state index is 13.3. The van der Waals surface area contributed by atoms with Crippen LogP contribution >= 0.6 is 0 Å². The molecule has 0 saturated heterocycles. The van der Waals surface area contributed by atoms with Crippen LogP contribution in [0.25, 0.3) is 0 Å². The molecular formula is C21H32N4O3S. The molecule has 1 N–H and O–H groups in total. The van der Waals surface area contributed by atoms with E-state index in [2.05, 4.69) is 10.0 Å². The lowest BCUT2D eigenvalue weighted by Gasteiger charge is -2.49. The molecule has 2 saturated carbocycles. The molecule has 0 radical (unpaired) electrons. The number of rotatable bonds is 5. The van der Waals surface area contributed by atoms with Gasteiger partial charge in [-0.05, 0) is 69.8 Å². The van der Waals surface area contributed by atoms with Crippen LogP contribution < -0.4 is 0 Å². The van der Waals surface area contributed by atoms with Gasteiger partial charge in [0.1, 0.15) is 0 Å². The van der Waals surface area contributed by atoms with Crippen LogP contribution in [0.4, 0.5) is 0 Å². The van der Waals surface area contributed by atoms with E-state index in [4.69, 9.17) is 5.53 Å². The van der Waals surface area contributed by atoms with Crippen molar-refractivity contribution in [2.24, 2.45) is 10.5 Å². The van der Waals surface area contributed by atoms with E-state index in [1.54, 1.807) is 17.0 Å². The first kappa shape index (κ1) is 21.9. The highest BCUT2D eigenvalue weighted by Gasteiger charge is 2.50. The molecule has 4 unspecified atom stereocenters. The first-order valence-corrected chi connectivity index (χ1v) is 12.1. The number of carbonyl (C=O) groups is 1. The number of amides is 1. The SMILES string of the molecule is CN(C)C1CCC2(CCCC2N=N)CC1N(C)C(=O)c1cccc(S(C)(=O)=O)c1. The van der Waals surface area contributed by atoms with Gasteiger partial charge >= 0.3 is 0 Å². The summed E-state index contributed by atoms with van der Waals surface area (Å²) in [4.78, 5) is 17.4. The highest BCUT2D eigenvalue weighted by Crippen LogP contribution is 2.51. The van der Waals surface area contributed by atoms with Crippen molar-refractivity contribution >= 4 is 15.7 Å². The van der Waals surface area contributed by atoms with Gasteiger partial charge in [0.2, 0.25) is 0 Å². The van der Waals surface area contributed by atoms with Gasteiger partial charge in [0.05, 0.1) is 10.9 Å². The van der Waals surface area contributed by atoms with E-state index < -0.39 is 9.84 Å². The van der Waals surface area contributed by atoms with Crippen LogP contribution in [0.5, 0.6) is 0 Å². The van der Waals surface area contributed by atoms with Crippen LogP contribution in [0, 0.1) is 10.9 Å². The number of likely N-dealkylation sites (N-methyl/N-ethyl adjacent to an activating group) is 2. The van der Waals surface area contributed by atoms with Crippen molar-refractivity contribution < 1.29 is 13.2 Å². The highest BCUT2D eigenvalue weighted by atomic mass is 32.2. The van der Waals surface area contributed by atoms with Crippen molar-refractivity contribution in [1.29, 1.82) is 5.53 Å². The van der Waals surface area contributed by atoms with Gasteiger partial charge in [-0.2, -0.15) is 5.11 Å². The second kappa shape index (κ2) is 8.14. The zero-order chi connectivity index (χ0) is 21.4. The number of nitrogens with one attached hydrogen (secondary N) is 1. The Hall–Kier alpha value is -1.80. The van der Waals surface area contributed by atoms with E-state index in [9.17, 15) is 13.2 Å². The van der Waals surface area contributed by atoms with Crippen LogP contribution in [0.1, 0.15) is 48.9 Å². The van der Waals surface area contributed by atoms with Crippen molar-refractivity contribution in [1.82, 2.24) is 9.80 Å². The van der Waals surface area contributed by atoms with Gasteiger partial charge in [-0.15, -0.1) is 0 Å². The van der Waals surface area contributed by atoms with Gasteiger partial charge in [-0.1, -0.05) is 12.5 Å². The Labute approximate surface area is 173 Å². The maximum absolute atomic E-state index is 13.3. The molecular weight excluding hydrogens is 388 g/mol. The van der Waals surface area contributed by atoms with Crippen molar-refractivity contribution in [2.75, 3.05) is 27.4 Å². The summed E-state index contributed by atoms with van der Waals surface area (Å²) in [5.41, 5.74) is 8.04. The van der Waals surface area contributed by atoms with Gasteiger partial charge in [0.25, 0.3) is 5.91 Å². The molecule has 160 valence electrons. The summed E-state index contributed by atoms with van der Waals surface area (Å²) in [5.74, 6) is -0.165. The number of nitrogens with zero attached hydrogens (tertiary/aromatic N) is 3. The average molecular weight is 421 g/mol. The van der Waals surface area contributed by atoms with Crippen LogP contribution in [0.15, 0.2) is 34.3 Å². The molecule has 0 aliphatic heterocycles. The summed E-state index contributed by atoms with van der Waals surface area (Å²) >= 11 is 0. The molecule has 29 heavy (non-hydrogen) atoms. The molecule has 8 heteroatoms. The second-order valence-electron chi connectivity index (χ2n) is 8.96. The molecule has 2 fully saturated rings. The minimum Gasteiger partial charge on any atom is -0.337 e. The first-order valence-electron chi connectivity index (χ1n) is 10.2. The monoisotopic (exact) mass is 420 g/mol. The van der Waals surface area contributed by atoms with Gasteiger partial charge in [0.15, 0.2) is 9.84 Å². The topological polar surface area (TPSA) is 93.9 Å². The number of carbonyl (C=O) groups excluding carboxylic acids is 1. The summed E-state index contributed by atoms with van der Waals surface area (Å²) in [6.45, 7) is 0. The standard InChI is InChI=1S/C21H32N4O3S/c1-24(2)17-10-12-21(11-6-9-19(21)23-22)14-18(17)25(3)20(26)15-7-5-8-16(13-15)29(4,27)28/h5,7-8,13,17-19,22H,6,9-12,14H2,1-4H3. The zero-order valence-electron chi connectivity index (χ0n) is 17.8. The molecule has 1 aromatic carbocycles. The van der Waals surface area contributed by atoms with E-state index in [1.807, 2.05) is 21.1 Å². The van der Waals surface area contributed by atoms with Gasteiger partial charge < -0.3 is 9.80 Å². The summed E-state index contributed by atoms with van der Waals surface area (Å²) in [6.07, 6.45) is 7.07. The van der Waals surface area contributed by atoms with Gasteiger partial charge in [-0.3, -0.25) is 4.79 Å². The lowest BCUT2D eigenvalue weighted by molar-refractivity contribution is 0.0183. The normalized spacial score (nSPS) is 29.9. The van der Waals surface area contributed by atoms with Crippen molar-refractivity contribution in [3.63, 3.8) is 0 Å². The van der Waals surface area contributed by atoms with Crippen LogP contribution in [0.2, 0.25) is 0 Å². The molecule has 4 atom stereocenters. The maximum Gasteiger partial charge on any atom is 0.253 e. The lowest BCUT2D eigenvalue weighted by atomic mass is 9.66. The number of hydrogen-bond donors (Lipinski definition) is 1. The number of hydrogen-bond acceptors (Lipinski definition) is 6. The van der Waals surface area contributed by atoms with Crippen LogP contribution in [0.3, 0.4) is 0 Å². The molecule has 0 heterocycles. The molecule has 1 aromatic rings. The molecule has 1 amide bonds. The fourth-order valence-corrected chi connectivity index (χ4v) is 6.01. The van der Waals surface area contributed by atoms with Gasteiger partial charge in [-0.25, -0.2) is 13.9 Å². The molecule has 3 rings (SSSR count). The highest BCUT2D eigenvalue weighted by molar-refractivity contribution is 7.90. The lowest BCUT2D eigenvalue weighted by Crippen LogP contribution is -2.56. The third-order valence-electron chi connectivity index (χ3n) is 7.00. The summed E-state index contributed by atoms with van der Waals surface area (Å²) in [6, 6.07) is 6.54. The fraction of sp³-hybridized carbons (Fsp3) is 0.667. The van der Waals surface area contributed by atoms with Crippen LogP contribution in [-0.4, -0.2) is 69.6 Å². The van der Waals surface area contributed by atoms with Crippen LogP contribution in [-0.2, 0) is 9.84 Å². The van der Waals surface area contributed by atoms with Crippen molar-refractivity contribution in [2.45, 2.75) is 61.5 Å². The first-order chi connectivity index (χ1) is 13.6. The Morgan fingerprint density at radius 1 is 1.17 bits per heavy atom. The molecule has 7 nitrogen and oxygen atoms in total.